The van der Waals surface area contributed by atoms with Crippen LogP contribution in [0.3, 0.4) is 0 Å². The van der Waals surface area contributed by atoms with Crippen LogP contribution < -0.4 is 0 Å². The minimum absolute atomic E-state index is 0.159. The summed E-state index contributed by atoms with van der Waals surface area (Å²) in [4.78, 5) is 0. The van der Waals surface area contributed by atoms with E-state index in [1.807, 2.05) is 0 Å². The lowest BCUT2D eigenvalue weighted by atomic mass is 9.96. The second kappa shape index (κ2) is 3.44. The van der Waals surface area contributed by atoms with E-state index in [0.29, 0.717) is 6.92 Å². The van der Waals surface area contributed by atoms with Gasteiger partial charge in [-0.05, 0) is 24.6 Å². The maximum Gasteiger partial charge on any atom is 0.421 e. The molecule has 1 aromatic carbocycles. The Balaban J connectivity index is 3.16. The van der Waals surface area contributed by atoms with Gasteiger partial charge < -0.3 is 5.11 Å². The zero-order valence-electron chi connectivity index (χ0n) is 7.27. The monoisotopic (exact) mass is 224 g/mol. The highest BCUT2D eigenvalue weighted by molar-refractivity contribution is 6.30. The second-order valence-corrected chi connectivity index (χ2v) is 3.52. The van der Waals surface area contributed by atoms with Gasteiger partial charge in [0.25, 0.3) is 0 Å². The number of rotatable bonds is 1. The molecule has 0 bridgehead atoms. The van der Waals surface area contributed by atoms with Gasteiger partial charge in [-0.2, -0.15) is 13.2 Å². The Bertz CT molecular complexity index is 333. The van der Waals surface area contributed by atoms with E-state index >= 15 is 0 Å². The fourth-order valence-electron chi connectivity index (χ4n) is 0.955. The Morgan fingerprint density at radius 1 is 1.29 bits per heavy atom. The zero-order valence-corrected chi connectivity index (χ0v) is 8.02. The van der Waals surface area contributed by atoms with Gasteiger partial charge in [0.15, 0.2) is 5.60 Å². The summed E-state index contributed by atoms with van der Waals surface area (Å²) in [5.74, 6) is 0. The molecule has 0 aliphatic carbocycles. The van der Waals surface area contributed by atoms with Crippen molar-refractivity contribution in [2.75, 3.05) is 0 Å². The number of hydrogen-bond acceptors (Lipinski definition) is 1. The van der Waals surface area contributed by atoms with Gasteiger partial charge in [0, 0.05) is 5.02 Å². The molecule has 0 saturated carbocycles. The normalized spacial score (nSPS) is 16.4. The molecule has 14 heavy (non-hydrogen) atoms. The molecule has 5 heteroatoms. The van der Waals surface area contributed by atoms with Crippen molar-refractivity contribution in [3.05, 3.63) is 34.9 Å². The predicted molar refractivity (Wildman–Crippen MR) is 47.1 cm³/mol. The maximum absolute atomic E-state index is 12.4. The van der Waals surface area contributed by atoms with E-state index in [2.05, 4.69) is 0 Å². The van der Waals surface area contributed by atoms with Gasteiger partial charge in [-0.15, -0.1) is 0 Å². The highest BCUT2D eigenvalue weighted by Gasteiger charge is 2.51. The molecule has 0 spiro atoms. The fraction of sp³-hybridized carbons (Fsp3) is 0.333. The number of alkyl halides is 3. The summed E-state index contributed by atoms with van der Waals surface area (Å²) in [5, 5.41) is 9.42. The average Bonchev–Trinajstić information content (AvgIpc) is 2.02. The Labute approximate surface area is 84.1 Å². The summed E-state index contributed by atoms with van der Waals surface area (Å²) < 4.78 is 37.1. The molecule has 78 valence electrons. The molecule has 1 aromatic rings. The van der Waals surface area contributed by atoms with Crippen LogP contribution in [0.1, 0.15) is 12.5 Å². The largest absolute Gasteiger partial charge is 0.421 e. The lowest BCUT2D eigenvalue weighted by molar-refractivity contribution is -0.258. The van der Waals surface area contributed by atoms with Crippen molar-refractivity contribution in [2.24, 2.45) is 0 Å². The van der Waals surface area contributed by atoms with E-state index in [1.54, 1.807) is 0 Å². The molecular weight excluding hydrogens is 217 g/mol. The van der Waals surface area contributed by atoms with Crippen molar-refractivity contribution in [1.29, 1.82) is 0 Å². The third-order valence-corrected chi connectivity index (χ3v) is 2.17. The van der Waals surface area contributed by atoms with Crippen LogP contribution in [0.5, 0.6) is 0 Å². The SMILES string of the molecule is C[C@](O)(c1cccc(Cl)c1)C(F)(F)F. The molecule has 0 amide bonds. The molecule has 0 fully saturated rings. The summed E-state index contributed by atoms with van der Waals surface area (Å²) in [6, 6.07) is 5.07. The molecule has 0 aliphatic heterocycles. The summed E-state index contributed by atoms with van der Waals surface area (Å²) in [5.41, 5.74) is -3.13. The van der Waals surface area contributed by atoms with Crippen LogP contribution >= 0.6 is 11.6 Å². The van der Waals surface area contributed by atoms with Crippen LogP contribution in [0.15, 0.2) is 24.3 Å². The second-order valence-electron chi connectivity index (χ2n) is 3.08. The third kappa shape index (κ3) is 2.01. The smallest absolute Gasteiger partial charge is 0.376 e. The van der Waals surface area contributed by atoms with E-state index in [-0.39, 0.29) is 10.6 Å². The lowest BCUT2D eigenvalue weighted by Crippen LogP contribution is -2.39. The lowest BCUT2D eigenvalue weighted by Gasteiger charge is -2.26. The van der Waals surface area contributed by atoms with Gasteiger partial charge in [-0.1, -0.05) is 23.7 Å². The first kappa shape index (κ1) is 11.3. The standard InChI is InChI=1S/C9H8ClF3O/c1-8(14,9(11,12)13)6-3-2-4-7(10)5-6/h2-5,14H,1H3/t8-/m0/s1. The maximum atomic E-state index is 12.4. The molecule has 0 aliphatic rings. The van der Waals surface area contributed by atoms with Crippen LogP contribution in [-0.2, 0) is 5.60 Å². The van der Waals surface area contributed by atoms with Gasteiger partial charge >= 0.3 is 6.18 Å². The molecule has 0 aromatic heterocycles. The van der Waals surface area contributed by atoms with Crippen molar-refractivity contribution < 1.29 is 18.3 Å². The topological polar surface area (TPSA) is 20.2 Å². The summed E-state index contributed by atoms with van der Waals surface area (Å²) in [6.45, 7) is 0.693. The summed E-state index contributed by atoms with van der Waals surface area (Å²) >= 11 is 5.52. The van der Waals surface area contributed by atoms with E-state index in [0.717, 1.165) is 6.07 Å². The van der Waals surface area contributed by atoms with E-state index in [1.165, 1.54) is 18.2 Å². The zero-order chi connectivity index (χ0) is 11.0. The van der Waals surface area contributed by atoms with Gasteiger partial charge in [0.05, 0.1) is 0 Å². The third-order valence-electron chi connectivity index (χ3n) is 1.94. The number of benzene rings is 1. The number of halogens is 4. The van der Waals surface area contributed by atoms with Crippen molar-refractivity contribution >= 4 is 11.6 Å². The van der Waals surface area contributed by atoms with Gasteiger partial charge in [0.1, 0.15) is 0 Å². The first-order valence-electron chi connectivity index (χ1n) is 3.80. The average molecular weight is 225 g/mol. The van der Waals surface area contributed by atoms with Crippen LogP contribution in [0.25, 0.3) is 0 Å². The molecule has 0 heterocycles. The van der Waals surface area contributed by atoms with Gasteiger partial charge in [-0.25, -0.2) is 0 Å². The van der Waals surface area contributed by atoms with Crippen molar-refractivity contribution in [3.63, 3.8) is 0 Å². The summed E-state index contributed by atoms with van der Waals surface area (Å²) in [7, 11) is 0. The summed E-state index contributed by atoms with van der Waals surface area (Å²) in [6.07, 6.45) is -4.71. The highest BCUT2D eigenvalue weighted by Crippen LogP contribution is 2.38. The number of hydrogen-bond donors (Lipinski definition) is 1. The predicted octanol–water partition coefficient (Wildman–Crippen LogP) is 3.11. The Morgan fingerprint density at radius 2 is 1.86 bits per heavy atom. The molecule has 1 atom stereocenters. The van der Waals surface area contributed by atoms with Crippen molar-refractivity contribution in [1.82, 2.24) is 0 Å². The first-order chi connectivity index (χ1) is 6.25. The molecule has 0 radical (unpaired) electrons. The van der Waals surface area contributed by atoms with E-state index in [9.17, 15) is 18.3 Å². The van der Waals surface area contributed by atoms with Crippen LogP contribution in [-0.4, -0.2) is 11.3 Å². The fourth-order valence-corrected chi connectivity index (χ4v) is 1.15. The van der Waals surface area contributed by atoms with Gasteiger partial charge in [0.2, 0.25) is 0 Å². The number of aliphatic hydroxyl groups is 1. The molecule has 0 saturated heterocycles. The molecule has 1 rings (SSSR count). The van der Waals surface area contributed by atoms with E-state index < -0.39 is 11.8 Å². The Morgan fingerprint density at radius 3 is 2.29 bits per heavy atom. The van der Waals surface area contributed by atoms with Crippen LogP contribution in [0.4, 0.5) is 13.2 Å². The quantitative estimate of drug-likeness (QED) is 0.777. The molecular formula is C9H8ClF3O. The van der Waals surface area contributed by atoms with Crippen molar-refractivity contribution in [2.45, 2.75) is 18.7 Å². The minimum Gasteiger partial charge on any atom is -0.376 e. The van der Waals surface area contributed by atoms with Crippen LogP contribution in [0, 0.1) is 0 Å². The molecule has 0 unspecified atom stereocenters. The Hall–Kier alpha value is -0.740. The van der Waals surface area contributed by atoms with Crippen molar-refractivity contribution in [3.8, 4) is 0 Å². The first-order valence-corrected chi connectivity index (χ1v) is 4.18. The molecule has 1 nitrogen and oxygen atoms in total. The van der Waals surface area contributed by atoms with Crippen LogP contribution in [0.2, 0.25) is 5.02 Å². The Kier molecular flexibility index (Phi) is 2.78. The van der Waals surface area contributed by atoms with Gasteiger partial charge in [-0.3, -0.25) is 0 Å². The molecule has 1 N–H and O–H groups in total. The van der Waals surface area contributed by atoms with E-state index in [4.69, 9.17) is 11.6 Å². The highest BCUT2D eigenvalue weighted by atomic mass is 35.5. The minimum atomic E-state index is -4.71.